The Hall–Kier alpha value is -0.840. The largest absolute Gasteiger partial charge is 0.444 e. The molecule has 1 rings (SSSR count). The van der Waals surface area contributed by atoms with E-state index in [1.165, 1.54) is 4.90 Å². The van der Waals surface area contributed by atoms with Crippen molar-refractivity contribution in [3.63, 3.8) is 0 Å². The summed E-state index contributed by atoms with van der Waals surface area (Å²) in [7, 11) is 0. The highest BCUT2D eigenvalue weighted by atomic mass is 19.1. The lowest BCUT2D eigenvalue weighted by atomic mass is 9.91. The second-order valence-electron chi connectivity index (χ2n) is 5.82. The van der Waals surface area contributed by atoms with Crippen LogP contribution >= 0.6 is 0 Å². The average Bonchev–Trinajstić information content (AvgIpc) is 1.96. The van der Waals surface area contributed by atoms with Crippen LogP contribution in [0.15, 0.2) is 0 Å². The van der Waals surface area contributed by atoms with Crippen molar-refractivity contribution < 1.29 is 13.9 Å². The highest BCUT2D eigenvalue weighted by Crippen LogP contribution is 2.22. The van der Waals surface area contributed by atoms with E-state index in [-0.39, 0.29) is 13.0 Å². The molecule has 16 heavy (non-hydrogen) atoms. The van der Waals surface area contributed by atoms with Gasteiger partial charge < -0.3 is 15.4 Å². The Balaban J connectivity index is 2.63. The molecule has 1 heterocycles. The van der Waals surface area contributed by atoms with Crippen molar-refractivity contribution in [1.82, 2.24) is 4.90 Å². The van der Waals surface area contributed by atoms with Gasteiger partial charge in [0, 0.05) is 12.1 Å². The van der Waals surface area contributed by atoms with Crippen molar-refractivity contribution in [2.75, 3.05) is 13.1 Å². The normalized spacial score (nSPS) is 31.4. The van der Waals surface area contributed by atoms with Gasteiger partial charge in [-0.05, 0) is 34.1 Å². The second kappa shape index (κ2) is 4.20. The number of alkyl halides is 1. The maximum absolute atomic E-state index is 13.4. The first-order valence-corrected chi connectivity index (χ1v) is 5.50. The third-order valence-corrected chi connectivity index (χ3v) is 2.31. The Labute approximate surface area is 95.9 Å². The van der Waals surface area contributed by atoms with Crippen LogP contribution in [0.5, 0.6) is 0 Å². The van der Waals surface area contributed by atoms with E-state index in [2.05, 4.69) is 0 Å². The van der Waals surface area contributed by atoms with E-state index < -0.39 is 23.4 Å². The van der Waals surface area contributed by atoms with Crippen LogP contribution in [-0.2, 0) is 4.74 Å². The minimum Gasteiger partial charge on any atom is -0.444 e. The Morgan fingerprint density at radius 2 is 2.12 bits per heavy atom. The summed E-state index contributed by atoms with van der Waals surface area (Å²) in [5.74, 6) is 0. The predicted molar refractivity (Wildman–Crippen MR) is 59.9 cm³/mol. The number of carbonyl (C=O) groups is 1. The highest BCUT2D eigenvalue weighted by Gasteiger charge is 2.37. The maximum atomic E-state index is 13.4. The molecule has 94 valence electrons. The summed E-state index contributed by atoms with van der Waals surface area (Å²) < 4.78 is 18.6. The van der Waals surface area contributed by atoms with Gasteiger partial charge in [-0.3, -0.25) is 0 Å². The van der Waals surface area contributed by atoms with Gasteiger partial charge in [0.2, 0.25) is 0 Å². The second-order valence-corrected chi connectivity index (χ2v) is 5.82. The number of carbonyl (C=O) groups excluding carboxylic acids is 1. The van der Waals surface area contributed by atoms with Crippen LogP contribution in [0.2, 0.25) is 0 Å². The van der Waals surface area contributed by atoms with Gasteiger partial charge >= 0.3 is 6.09 Å². The van der Waals surface area contributed by atoms with Crippen LogP contribution in [0.25, 0.3) is 0 Å². The van der Waals surface area contributed by atoms with Gasteiger partial charge in [-0.25, -0.2) is 9.18 Å². The predicted octanol–water partition coefficient (Wildman–Crippen LogP) is 1.68. The summed E-state index contributed by atoms with van der Waals surface area (Å²) in [5.41, 5.74) is 4.63. The summed E-state index contributed by atoms with van der Waals surface area (Å²) in [6.07, 6.45) is -1.28. The van der Waals surface area contributed by atoms with Crippen molar-refractivity contribution in [2.24, 2.45) is 5.73 Å². The van der Waals surface area contributed by atoms with Gasteiger partial charge in [0.05, 0.1) is 6.54 Å². The molecule has 0 bridgehead atoms. The number of halogens is 1. The molecular formula is C11H21FN2O2. The van der Waals surface area contributed by atoms with Crippen molar-refractivity contribution in [1.29, 1.82) is 0 Å². The van der Waals surface area contributed by atoms with Gasteiger partial charge in [0.1, 0.15) is 11.8 Å². The maximum Gasteiger partial charge on any atom is 0.410 e. The molecule has 2 atom stereocenters. The smallest absolute Gasteiger partial charge is 0.410 e. The van der Waals surface area contributed by atoms with E-state index >= 15 is 0 Å². The molecule has 5 heteroatoms. The molecule has 1 aliphatic heterocycles. The zero-order valence-corrected chi connectivity index (χ0v) is 10.4. The first kappa shape index (κ1) is 13.2. The van der Waals surface area contributed by atoms with Gasteiger partial charge in [0.25, 0.3) is 0 Å². The van der Waals surface area contributed by atoms with Crippen LogP contribution < -0.4 is 5.73 Å². The van der Waals surface area contributed by atoms with Crippen LogP contribution in [-0.4, -0.2) is 41.4 Å². The van der Waals surface area contributed by atoms with Gasteiger partial charge in [-0.1, -0.05) is 0 Å². The number of hydrogen-bond acceptors (Lipinski definition) is 3. The summed E-state index contributed by atoms with van der Waals surface area (Å²) in [5, 5.41) is 0. The van der Waals surface area contributed by atoms with Crippen LogP contribution in [0, 0.1) is 0 Å². The molecule has 1 amide bonds. The fraction of sp³-hybridized carbons (Fsp3) is 0.909. The van der Waals surface area contributed by atoms with E-state index in [4.69, 9.17) is 10.5 Å². The van der Waals surface area contributed by atoms with E-state index in [1.54, 1.807) is 27.7 Å². The molecule has 0 saturated carbocycles. The Kier molecular flexibility index (Phi) is 3.47. The summed E-state index contributed by atoms with van der Waals surface area (Å²) >= 11 is 0. The molecule has 0 aliphatic carbocycles. The molecule has 1 fully saturated rings. The first-order chi connectivity index (χ1) is 7.09. The van der Waals surface area contributed by atoms with Gasteiger partial charge in [-0.2, -0.15) is 0 Å². The van der Waals surface area contributed by atoms with Crippen molar-refractivity contribution in [3.8, 4) is 0 Å². The zero-order valence-electron chi connectivity index (χ0n) is 10.4. The number of likely N-dealkylation sites (tertiary alicyclic amines) is 1. The highest BCUT2D eigenvalue weighted by molar-refractivity contribution is 5.68. The van der Waals surface area contributed by atoms with Crippen molar-refractivity contribution in [2.45, 2.75) is 51.4 Å². The third kappa shape index (κ3) is 3.96. The van der Waals surface area contributed by atoms with Crippen molar-refractivity contribution >= 4 is 6.09 Å². The molecule has 1 aliphatic rings. The summed E-state index contributed by atoms with van der Waals surface area (Å²) in [6.45, 7) is 7.50. The molecule has 0 aromatic rings. The molecule has 0 unspecified atom stereocenters. The molecule has 2 N–H and O–H groups in total. The van der Waals surface area contributed by atoms with Crippen LogP contribution in [0.4, 0.5) is 9.18 Å². The Bertz CT molecular complexity index is 274. The molecule has 0 aromatic carbocycles. The number of hydrogen-bond donors (Lipinski definition) is 1. The van der Waals surface area contributed by atoms with E-state index in [0.29, 0.717) is 6.54 Å². The molecule has 0 spiro atoms. The van der Waals surface area contributed by atoms with E-state index in [0.717, 1.165) is 0 Å². The Morgan fingerprint density at radius 1 is 1.56 bits per heavy atom. The quantitative estimate of drug-likeness (QED) is 0.691. The molecule has 0 radical (unpaired) electrons. The summed E-state index contributed by atoms with van der Waals surface area (Å²) in [6, 6.07) is 0. The molecular weight excluding hydrogens is 211 g/mol. The molecule has 1 saturated heterocycles. The third-order valence-electron chi connectivity index (χ3n) is 2.31. The topological polar surface area (TPSA) is 55.6 Å². The number of nitrogens with two attached hydrogens (primary N) is 1. The molecule has 0 aromatic heterocycles. The lowest BCUT2D eigenvalue weighted by molar-refractivity contribution is 0.00382. The minimum absolute atomic E-state index is 0.0711. The van der Waals surface area contributed by atoms with Gasteiger partial charge in [0.15, 0.2) is 0 Å². The molecule has 4 nitrogen and oxygen atoms in total. The average molecular weight is 232 g/mol. The Morgan fingerprint density at radius 3 is 2.56 bits per heavy atom. The monoisotopic (exact) mass is 232 g/mol. The van der Waals surface area contributed by atoms with Crippen molar-refractivity contribution in [3.05, 3.63) is 0 Å². The van der Waals surface area contributed by atoms with E-state index in [1.807, 2.05) is 0 Å². The number of rotatable bonds is 0. The number of ether oxygens (including phenoxy) is 1. The van der Waals surface area contributed by atoms with Crippen LogP contribution in [0.3, 0.4) is 0 Å². The lowest BCUT2D eigenvalue weighted by Gasteiger charge is -2.39. The number of nitrogens with zero attached hydrogens (tertiary/aromatic N) is 1. The summed E-state index contributed by atoms with van der Waals surface area (Å²) in [4.78, 5) is 13.1. The number of piperidine rings is 1. The first-order valence-electron chi connectivity index (χ1n) is 5.50. The van der Waals surface area contributed by atoms with E-state index in [9.17, 15) is 9.18 Å². The van der Waals surface area contributed by atoms with Crippen LogP contribution in [0.1, 0.15) is 34.1 Å². The number of amides is 1. The minimum atomic E-state index is -1.07. The standard InChI is InChI=1S/C11H21FN2O2/c1-10(2,3)16-9(15)14-6-8(12)5-11(4,13)7-14/h8H,5-7,13H2,1-4H3/t8-,11-/m0/s1. The fourth-order valence-corrected chi connectivity index (χ4v) is 1.84. The lowest BCUT2D eigenvalue weighted by Crippen LogP contribution is -2.58. The zero-order chi connectivity index (χ0) is 12.6. The fourth-order valence-electron chi connectivity index (χ4n) is 1.84. The van der Waals surface area contributed by atoms with Gasteiger partial charge in [-0.15, -0.1) is 0 Å². The SMILES string of the molecule is CC(C)(C)OC(=O)N1C[C@@H](F)C[C@](C)(N)C1.